The van der Waals surface area contributed by atoms with Gasteiger partial charge in [0.05, 0.1) is 5.52 Å². The Balaban J connectivity index is 2.62. The van der Waals surface area contributed by atoms with Gasteiger partial charge in [-0.25, -0.2) is 0 Å². The third-order valence-electron chi connectivity index (χ3n) is 3.28. The summed E-state index contributed by atoms with van der Waals surface area (Å²) in [7, 11) is 0. The highest BCUT2D eigenvalue weighted by atomic mass is 16.1. The molecule has 0 saturated carbocycles. The van der Waals surface area contributed by atoms with Gasteiger partial charge in [0.1, 0.15) is 0 Å². The monoisotopic (exact) mass is 226 g/mol. The summed E-state index contributed by atoms with van der Waals surface area (Å²) >= 11 is 0. The van der Waals surface area contributed by atoms with Crippen molar-refractivity contribution in [2.75, 3.05) is 0 Å². The van der Waals surface area contributed by atoms with E-state index in [9.17, 15) is 4.79 Å². The second-order valence-corrected chi connectivity index (χ2v) is 4.38. The molecule has 0 atom stereocenters. The first kappa shape index (κ1) is 10.1. The van der Waals surface area contributed by atoms with Crippen LogP contribution in [0.5, 0.6) is 0 Å². The zero-order chi connectivity index (χ0) is 12.0. The normalized spacial score (nSPS) is 11.4. The van der Waals surface area contributed by atoms with Gasteiger partial charge in [0.2, 0.25) is 5.56 Å². The Morgan fingerprint density at radius 3 is 2.82 bits per heavy atom. The zero-order valence-corrected chi connectivity index (χ0v) is 9.92. The highest BCUT2D eigenvalue weighted by Gasteiger charge is 2.10. The summed E-state index contributed by atoms with van der Waals surface area (Å²) in [4.78, 5) is 17.9. The molecule has 3 rings (SSSR count). The molecular weight excluding hydrogens is 212 g/mol. The van der Waals surface area contributed by atoms with Gasteiger partial charge in [-0.05, 0) is 25.0 Å². The Labute approximate surface area is 98.5 Å². The number of hydrogen-bond acceptors (Lipinski definition) is 1. The van der Waals surface area contributed by atoms with E-state index >= 15 is 0 Å². The Hall–Kier alpha value is -2.03. The predicted molar refractivity (Wildman–Crippen MR) is 70.5 cm³/mol. The first-order valence-corrected chi connectivity index (χ1v) is 5.84. The highest BCUT2D eigenvalue weighted by molar-refractivity contribution is 6.09. The third-order valence-corrected chi connectivity index (χ3v) is 3.28. The number of pyridine rings is 1. The van der Waals surface area contributed by atoms with Crippen LogP contribution in [0.25, 0.3) is 21.8 Å². The van der Waals surface area contributed by atoms with Gasteiger partial charge in [0.25, 0.3) is 0 Å². The van der Waals surface area contributed by atoms with Crippen LogP contribution in [0.3, 0.4) is 0 Å². The van der Waals surface area contributed by atoms with Crippen LogP contribution in [0.2, 0.25) is 0 Å². The van der Waals surface area contributed by atoms with Crippen molar-refractivity contribution in [3.8, 4) is 0 Å². The number of hydrogen-bond donors (Lipinski definition) is 2. The summed E-state index contributed by atoms with van der Waals surface area (Å²) < 4.78 is 0. The molecule has 2 aromatic heterocycles. The molecule has 2 N–H and O–H groups in total. The van der Waals surface area contributed by atoms with Gasteiger partial charge >= 0.3 is 0 Å². The quantitative estimate of drug-likeness (QED) is 0.658. The van der Waals surface area contributed by atoms with Crippen molar-refractivity contribution in [2.24, 2.45) is 0 Å². The molecule has 0 radical (unpaired) electrons. The number of aromatic nitrogens is 2. The summed E-state index contributed by atoms with van der Waals surface area (Å²) in [6, 6.07) is 7.83. The topological polar surface area (TPSA) is 48.6 Å². The molecule has 0 aliphatic heterocycles. The fourth-order valence-electron chi connectivity index (χ4n) is 2.48. The summed E-state index contributed by atoms with van der Waals surface area (Å²) in [5.41, 5.74) is 4.29. The first-order valence-electron chi connectivity index (χ1n) is 5.84. The molecule has 0 aliphatic carbocycles. The molecule has 0 spiro atoms. The third kappa shape index (κ3) is 1.39. The van der Waals surface area contributed by atoms with Gasteiger partial charge in [0, 0.05) is 28.0 Å². The van der Waals surface area contributed by atoms with E-state index in [-0.39, 0.29) is 5.56 Å². The Morgan fingerprint density at radius 1 is 1.24 bits per heavy atom. The highest BCUT2D eigenvalue weighted by Crippen LogP contribution is 2.28. The van der Waals surface area contributed by atoms with E-state index < -0.39 is 0 Å². The molecule has 1 aromatic carbocycles. The maximum absolute atomic E-state index is 11.6. The summed E-state index contributed by atoms with van der Waals surface area (Å²) in [6.45, 7) is 4.12. The molecule has 0 bridgehead atoms. The molecule has 17 heavy (non-hydrogen) atoms. The van der Waals surface area contributed by atoms with E-state index in [1.165, 1.54) is 5.56 Å². The Morgan fingerprint density at radius 2 is 2.06 bits per heavy atom. The Kier molecular flexibility index (Phi) is 2.08. The van der Waals surface area contributed by atoms with Crippen molar-refractivity contribution >= 4 is 21.8 Å². The maximum atomic E-state index is 11.6. The van der Waals surface area contributed by atoms with Crippen LogP contribution in [0.4, 0.5) is 0 Å². The number of H-pyrrole nitrogens is 2. The van der Waals surface area contributed by atoms with E-state index in [0.717, 1.165) is 33.9 Å². The van der Waals surface area contributed by atoms with Crippen LogP contribution in [-0.2, 0) is 6.42 Å². The van der Waals surface area contributed by atoms with Crippen LogP contribution in [0.1, 0.15) is 18.2 Å². The fraction of sp³-hybridized carbons (Fsp3) is 0.214. The van der Waals surface area contributed by atoms with E-state index in [2.05, 4.69) is 23.0 Å². The van der Waals surface area contributed by atoms with Gasteiger partial charge in [-0.3, -0.25) is 4.79 Å². The van der Waals surface area contributed by atoms with Crippen molar-refractivity contribution < 1.29 is 0 Å². The molecule has 0 unspecified atom stereocenters. The molecule has 3 aromatic rings. The average molecular weight is 226 g/mol. The van der Waals surface area contributed by atoms with E-state index in [1.807, 2.05) is 19.1 Å². The molecule has 3 heteroatoms. The molecular formula is C14H14N2O. The van der Waals surface area contributed by atoms with Crippen molar-refractivity contribution in [1.82, 2.24) is 9.97 Å². The molecule has 2 heterocycles. The van der Waals surface area contributed by atoms with Gasteiger partial charge in [0.15, 0.2) is 0 Å². The minimum absolute atomic E-state index is 0.0292. The van der Waals surface area contributed by atoms with E-state index in [1.54, 1.807) is 6.07 Å². The largest absolute Gasteiger partial charge is 0.353 e. The fourth-order valence-corrected chi connectivity index (χ4v) is 2.48. The second kappa shape index (κ2) is 3.48. The lowest BCUT2D eigenvalue weighted by Crippen LogP contribution is -2.06. The standard InChI is InChI=1S/C14H14N2O/c1-3-10-14-9(7-12(17)15-10)13-8(2)5-4-6-11(13)16-14/h4-7,16H,3H2,1-2H3,(H,15,17). The lowest BCUT2D eigenvalue weighted by molar-refractivity contribution is 1.03. The molecule has 0 fully saturated rings. The van der Waals surface area contributed by atoms with Crippen LogP contribution in [0.15, 0.2) is 29.1 Å². The van der Waals surface area contributed by atoms with Gasteiger partial charge < -0.3 is 9.97 Å². The summed E-state index contributed by atoms with van der Waals surface area (Å²) in [5, 5.41) is 2.18. The van der Waals surface area contributed by atoms with Crippen molar-refractivity contribution in [3.05, 3.63) is 45.9 Å². The lowest BCUT2D eigenvalue weighted by Gasteiger charge is -1.99. The number of benzene rings is 1. The number of aromatic amines is 2. The van der Waals surface area contributed by atoms with Crippen molar-refractivity contribution in [1.29, 1.82) is 0 Å². The maximum Gasteiger partial charge on any atom is 0.248 e. The van der Waals surface area contributed by atoms with Crippen LogP contribution >= 0.6 is 0 Å². The predicted octanol–water partition coefficient (Wildman–Crippen LogP) is 2.88. The summed E-state index contributed by atoms with van der Waals surface area (Å²) in [5.74, 6) is 0. The smallest absolute Gasteiger partial charge is 0.248 e. The molecule has 0 saturated heterocycles. The van der Waals surface area contributed by atoms with E-state index in [4.69, 9.17) is 0 Å². The number of fused-ring (bicyclic) bond motifs is 3. The molecule has 0 aliphatic rings. The van der Waals surface area contributed by atoms with Crippen LogP contribution in [0, 0.1) is 6.92 Å². The van der Waals surface area contributed by atoms with Gasteiger partial charge in [-0.15, -0.1) is 0 Å². The second-order valence-electron chi connectivity index (χ2n) is 4.38. The van der Waals surface area contributed by atoms with Crippen LogP contribution < -0.4 is 5.56 Å². The SMILES string of the molecule is CCc1[nH]c(=O)cc2c1[nH]c1cccc(C)c12. The summed E-state index contributed by atoms with van der Waals surface area (Å²) in [6.07, 6.45) is 0.818. The van der Waals surface area contributed by atoms with Crippen LogP contribution in [-0.4, -0.2) is 9.97 Å². The lowest BCUT2D eigenvalue weighted by atomic mass is 10.1. The van der Waals surface area contributed by atoms with Crippen molar-refractivity contribution in [2.45, 2.75) is 20.3 Å². The molecule has 0 amide bonds. The first-order chi connectivity index (χ1) is 8.20. The Bertz CT molecular complexity index is 765. The number of aryl methyl sites for hydroxylation is 2. The zero-order valence-electron chi connectivity index (χ0n) is 9.92. The molecule has 86 valence electrons. The van der Waals surface area contributed by atoms with Gasteiger partial charge in [-0.1, -0.05) is 19.1 Å². The number of rotatable bonds is 1. The average Bonchev–Trinajstić information content (AvgIpc) is 2.67. The van der Waals surface area contributed by atoms with Gasteiger partial charge in [-0.2, -0.15) is 0 Å². The minimum Gasteiger partial charge on any atom is -0.353 e. The van der Waals surface area contributed by atoms with Crippen molar-refractivity contribution in [3.63, 3.8) is 0 Å². The molecule has 3 nitrogen and oxygen atoms in total. The minimum atomic E-state index is -0.0292. The number of nitrogens with one attached hydrogen (secondary N) is 2. The van der Waals surface area contributed by atoms with E-state index in [0.29, 0.717) is 0 Å².